The van der Waals surface area contributed by atoms with E-state index in [-0.39, 0.29) is 17.1 Å². The van der Waals surface area contributed by atoms with E-state index >= 15 is 0 Å². The number of fused-ring (bicyclic) bond motifs is 5. The van der Waals surface area contributed by atoms with Crippen molar-refractivity contribution in [1.29, 1.82) is 10.5 Å². The monoisotopic (exact) mass is 836 g/mol. The molecule has 9 aromatic rings. The third kappa shape index (κ3) is 5.53. The molecule has 0 saturated carbocycles. The van der Waals surface area contributed by atoms with Crippen molar-refractivity contribution in [3.63, 3.8) is 0 Å². The summed E-state index contributed by atoms with van der Waals surface area (Å²) in [7, 11) is -2.15. The van der Waals surface area contributed by atoms with Crippen molar-refractivity contribution in [1.82, 2.24) is 18.9 Å². The Hall–Kier alpha value is -6.96. The van der Waals surface area contributed by atoms with Gasteiger partial charge in [0.1, 0.15) is 56.3 Å². The van der Waals surface area contributed by atoms with Gasteiger partial charge in [0.15, 0.2) is 0 Å². The van der Waals surface area contributed by atoms with E-state index in [2.05, 4.69) is 26.0 Å². The highest BCUT2D eigenvalue weighted by atomic mass is 35.5. The van der Waals surface area contributed by atoms with E-state index in [0.717, 1.165) is 26.1 Å². The maximum atomic E-state index is 11.5. The number of hydrogen-bond donors (Lipinski definition) is 0. The van der Waals surface area contributed by atoms with Gasteiger partial charge < -0.3 is 27.6 Å². The predicted octanol–water partition coefficient (Wildman–Crippen LogP) is 9.16. The van der Waals surface area contributed by atoms with Crippen LogP contribution in [0.25, 0.3) is 53.6 Å². The first-order valence-electron chi connectivity index (χ1n) is 19.1. The summed E-state index contributed by atoms with van der Waals surface area (Å²) < 4.78 is 32.3. The van der Waals surface area contributed by atoms with Crippen molar-refractivity contribution >= 4 is 91.1 Å². The number of aromatic nitrogens is 4. The summed E-state index contributed by atoms with van der Waals surface area (Å²) in [5.41, 5.74) is 3.99. The molecular formula is C45H27B2ClN6O4S2. The van der Waals surface area contributed by atoms with Crippen LogP contribution in [-0.4, -0.2) is 33.4 Å². The Labute approximate surface area is 356 Å². The Balaban J connectivity index is 1.40. The Morgan fingerprint density at radius 2 is 1.03 bits per heavy atom. The zero-order chi connectivity index (χ0) is 40.6. The molecule has 0 fully saturated rings. The highest BCUT2D eigenvalue weighted by molar-refractivity contribution is 7.20. The van der Waals surface area contributed by atoms with Crippen LogP contribution in [0.4, 0.5) is 0 Å². The first kappa shape index (κ1) is 36.1. The third-order valence-corrected chi connectivity index (χ3v) is 13.1. The van der Waals surface area contributed by atoms with Crippen LogP contribution in [0.1, 0.15) is 35.5 Å². The number of halogens is 1. The van der Waals surface area contributed by atoms with E-state index in [1.807, 2.05) is 130 Å². The molecule has 11 rings (SSSR count). The molecule has 0 radical (unpaired) electrons. The fourth-order valence-corrected chi connectivity index (χ4v) is 10.3. The molecule has 0 spiro atoms. The summed E-state index contributed by atoms with van der Waals surface area (Å²) in [6, 6.07) is 43.2. The lowest BCUT2D eigenvalue weighted by Crippen LogP contribution is -2.45. The fraction of sp³-hybridized carbons (Fsp3) is 0.0667. The number of hydrogen-bond acceptors (Lipinski definition) is 10. The Morgan fingerprint density at radius 1 is 0.600 bits per heavy atom. The van der Waals surface area contributed by atoms with Gasteiger partial charge in [-0.15, -0.1) is 22.7 Å². The van der Waals surface area contributed by atoms with Gasteiger partial charge in [-0.05, 0) is 60.5 Å². The molecule has 286 valence electrons. The van der Waals surface area contributed by atoms with Crippen molar-refractivity contribution in [2.75, 3.05) is 0 Å². The van der Waals surface area contributed by atoms with Crippen LogP contribution in [0.3, 0.4) is 0 Å². The van der Waals surface area contributed by atoms with E-state index in [9.17, 15) is 10.5 Å². The summed E-state index contributed by atoms with van der Waals surface area (Å²) in [5, 5.41) is 26.6. The van der Waals surface area contributed by atoms with Gasteiger partial charge in [-0.2, -0.15) is 10.5 Å². The minimum Gasteiger partial charge on any atom is -0.503 e. The highest BCUT2D eigenvalue weighted by Gasteiger charge is 2.45. The van der Waals surface area contributed by atoms with Gasteiger partial charge >= 0.3 is 14.5 Å². The molecule has 0 bridgehead atoms. The van der Waals surface area contributed by atoms with E-state index < -0.39 is 14.5 Å². The van der Waals surface area contributed by atoms with Crippen LogP contribution in [0.5, 0.6) is 23.0 Å². The van der Waals surface area contributed by atoms with Crippen molar-refractivity contribution in [2.24, 2.45) is 0 Å². The first-order valence-corrected chi connectivity index (χ1v) is 21.1. The molecule has 6 heterocycles. The van der Waals surface area contributed by atoms with Crippen molar-refractivity contribution < 1.29 is 18.6 Å². The van der Waals surface area contributed by atoms with Crippen LogP contribution in [-0.2, 0) is 0 Å². The number of thiazole rings is 2. The van der Waals surface area contributed by atoms with Gasteiger partial charge in [-0.1, -0.05) is 92.2 Å². The summed E-state index contributed by atoms with van der Waals surface area (Å²) in [6.45, 7) is 4.14. The Bertz CT molecular complexity index is 3260. The van der Waals surface area contributed by atoms with E-state index in [1.54, 1.807) is 0 Å². The molecule has 60 heavy (non-hydrogen) atoms. The number of rotatable bonds is 6. The minimum atomic E-state index is -1.11. The van der Waals surface area contributed by atoms with Crippen molar-refractivity contribution in [3.05, 3.63) is 153 Å². The fourth-order valence-electron chi connectivity index (χ4n) is 8.18. The molecule has 0 N–H and O–H groups in total. The van der Waals surface area contributed by atoms with Crippen LogP contribution in [0.15, 0.2) is 121 Å². The Morgan fingerprint density at radius 3 is 1.50 bits per heavy atom. The number of nitrogens with zero attached hydrogens (tertiary/aromatic N) is 6. The van der Waals surface area contributed by atoms with E-state index in [1.165, 1.54) is 22.7 Å². The van der Waals surface area contributed by atoms with Crippen LogP contribution in [0.2, 0.25) is 5.02 Å². The summed E-state index contributed by atoms with van der Waals surface area (Å²) in [4.78, 5) is 10.0. The molecular weight excluding hydrogens is 810 g/mol. The number of nitriles is 2. The first-order chi connectivity index (χ1) is 29.4. The highest BCUT2D eigenvalue weighted by Crippen LogP contribution is 2.42. The average Bonchev–Trinajstić information content (AvgIpc) is 4.12. The molecule has 0 atom stereocenters. The van der Waals surface area contributed by atoms with Gasteiger partial charge in [0.25, 0.3) is 0 Å². The molecule has 5 aromatic carbocycles. The summed E-state index contributed by atoms with van der Waals surface area (Å²) in [5.74, 6) is 1.95. The zero-order valence-corrected chi connectivity index (χ0v) is 34.2. The van der Waals surface area contributed by atoms with Crippen LogP contribution >= 0.6 is 34.3 Å². The maximum absolute atomic E-state index is 11.5. The van der Waals surface area contributed by atoms with Gasteiger partial charge in [0, 0.05) is 27.1 Å². The molecule has 0 unspecified atom stereocenters. The van der Waals surface area contributed by atoms with Crippen molar-refractivity contribution in [2.45, 2.75) is 19.8 Å². The maximum Gasteiger partial charge on any atom is 0.743 e. The largest absolute Gasteiger partial charge is 0.743 e. The predicted molar refractivity (Wildman–Crippen MR) is 237 cm³/mol. The molecule has 0 amide bonds. The second-order valence-corrected chi connectivity index (χ2v) is 17.0. The van der Waals surface area contributed by atoms with E-state index in [4.69, 9.17) is 40.2 Å². The smallest absolute Gasteiger partial charge is 0.503 e. The average molecular weight is 837 g/mol. The SMILES string of the molecule is CC(C)c1c2/c(=C(\C#N)c3nc4ccccc4s3)n(B3Oc4ccccc4O3)c(-c3ccccc3Cl)c2/c(=C(\C#N)c2nc3ccccc3s2)n1B1Oc2ccccc2O1. The standard InChI is InChI=1S/C45H27B2ClN6O4S2/c1-25(2)40-38-39(43(53(40)46-55-32-17-7-8-18-33(32)56-46)28(24-50)45-52-31-16-6-12-22-37(31)60-45)41(26-13-3-4-14-29(26)48)54(47-57-34-19-9-10-20-35(34)58-47)42(38)27(23-49)44-51-30-15-5-11-21-36(30)59-44/h3-22,25H,1-2H3/b42-27-,43-28-. The molecule has 2 aliphatic rings. The quantitative estimate of drug-likeness (QED) is 0.152. The second-order valence-electron chi connectivity index (χ2n) is 14.5. The molecule has 15 heteroatoms. The van der Waals surface area contributed by atoms with Crippen molar-refractivity contribution in [3.8, 4) is 46.4 Å². The lowest BCUT2D eigenvalue weighted by atomic mass is 10.0. The third-order valence-electron chi connectivity index (χ3n) is 10.6. The van der Waals surface area contributed by atoms with Gasteiger partial charge in [-0.3, -0.25) is 0 Å². The molecule has 0 saturated heterocycles. The number of benzene rings is 5. The normalized spacial score (nSPS) is 14.0. The number of para-hydroxylation sites is 6. The molecule has 2 aliphatic heterocycles. The van der Waals surface area contributed by atoms with Gasteiger partial charge in [0.2, 0.25) is 0 Å². The summed E-state index contributed by atoms with van der Waals surface area (Å²) in [6.07, 6.45) is 0. The zero-order valence-electron chi connectivity index (χ0n) is 31.8. The molecule has 10 nitrogen and oxygen atoms in total. The van der Waals surface area contributed by atoms with Crippen LogP contribution in [0, 0.1) is 22.7 Å². The topological polar surface area (TPSA) is 120 Å². The minimum absolute atomic E-state index is 0.237. The van der Waals surface area contributed by atoms with E-state index in [0.29, 0.717) is 70.8 Å². The molecule has 0 aliphatic carbocycles. The second kappa shape index (κ2) is 14.1. The lowest BCUT2D eigenvalue weighted by Gasteiger charge is -2.18. The Kier molecular flexibility index (Phi) is 8.50. The lowest BCUT2D eigenvalue weighted by molar-refractivity contribution is 0.473. The van der Waals surface area contributed by atoms with Gasteiger partial charge in [-0.25, -0.2) is 9.97 Å². The molecule has 4 aromatic heterocycles. The van der Waals surface area contributed by atoms with Gasteiger partial charge in [0.05, 0.1) is 36.8 Å². The summed E-state index contributed by atoms with van der Waals surface area (Å²) >= 11 is 10.1. The van der Waals surface area contributed by atoms with Crippen LogP contribution < -0.4 is 29.3 Å².